The van der Waals surface area contributed by atoms with Gasteiger partial charge in [-0.15, -0.1) is 0 Å². The van der Waals surface area contributed by atoms with E-state index in [1.165, 1.54) is 18.2 Å². The molecule has 30 heavy (non-hydrogen) atoms. The smallest absolute Gasteiger partial charge is 0.387 e. The molecule has 1 amide bonds. The number of alkyl halides is 3. The van der Waals surface area contributed by atoms with E-state index in [4.69, 9.17) is 0 Å². The van der Waals surface area contributed by atoms with Crippen LogP contribution >= 0.6 is 0 Å². The number of β-amino-alcohol motifs (C(OH)–C–C–N with tert-alkyl or cyclic N) is 1. The molecule has 1 N–H and O–H groups in total. The van der Waals surface area contributed by atoms with Crippen LogP contribution in [0.4, 0.5) is 13.2 Å². The summed E-state index contributed by atoms with van der Waals surface area (Å²) in [5.41, 5.74) is 0.146. The quantitative estimate of drug-likeness (QED) is 0.708. The van der Waals surface area contributed by atoms with Crippen molar-refractivity contribution in [3.63, 3.8) is 0 Å². The van der Waals surface area contributed by atoms with Gasteiger partial charge in [0.15, 0.2) is 0 Å². The first-order valence-electron chi connectivity index (χ1n) is 9.62. The lowest BCUT2D eigenvalue weighted by molar-refractivity contribution is -0.139. The fourth-order valence-corrected chi connectivity index (χ4v) is 3.81. The minimum absolute atomic E-state index is 0.0744. The number of hydrogen-bond acceptors (Lipinski definition) is 4. The van der Waals surface area contributed by atoms with Crippen LogP contribution in [-0.2, 0) is 6.18 Å². The summed E-state index contributed by atoms with van der Waals surface area (Å²) in [4.78, 5) is 20.7. The fourth-order valence-electron chi connectivity index (χ4n) is 3.81. The van der Waals surface area contributed by atoms with E-state index in [9.17, 15) is 23.1 Å². The SMILES string of the molecule is O=C(c1cccn2ccnc12)N1CCN(CC(O)c2ccccc2C(F)(F)F)CC1. The number of benzene rings is 1. The van der Waals surface area contributed by atoms with Gasteiger partial charge in [-0.05, 0) is 23.8 Å². The Hall–Kier alpha value is -2.91. The molecule has 1 fully saturated rings. The number of halogens is 3. The highest BCUT2D eigenvalue weighted by molar-refractivity contribution is 5.99. The van der Waals surface area contributed by atoms with Gasteiger partial charge in [0.2, 0.25) is 0 Å². The van der Waals surface area contributed by atoms with Crippen LogP contribution < -0.4 is 0 Å². The zero-order chi connectivity index (χ0) is 21.3. The van der Waals surface area contributed by atoms with Crippen LogP contribution in [0.1, 0.15) is 27.6 Å². The Kier molecular flexibility index (Phi) is 5.48. The van der Waals surface area contributed by atoms with Gasteiger partial charge in [0.25, 0.3) is 5.91 Å². The number of amides is 1. The highest BCUT2D eigenvalue weighted by atomic mass is 19.4. The van der Waals surface area contributed by atoms with Gasteiger partial charge >= 0.3 is 6.18 Å². The second kappa shape index (κ2) is 8.08. The summed E-state index contributed by atoms with van der Waals surface area (Å²) >= 11 is 0. The Balaban J connectivity index is 1.40. The highest BCUT2D eigenvalue weighted by Gasteiger charge is 2.35. The van der Waals surface area contributed by atoms with Crippen molar-refractivity contribution in [3.05, 3.63) is 71.7 Å². The lowest BCUT2D eigenvalue weighted by atomic mass is 10.0. The van der Waals surface area contributed by atoms with E-state index in [1.54, 1.807) is 33.8 Å². The number of piperazine rings is 1. The maximum atomic E-state index is 13.2. The van der Waals surface area contributed by atoms with Gasteiger partial charge in [-0.25, -0.2) is 4.98 Å². The normalized spacial score (nSPS) is 16.7. The molecule has 1 aliphatic heterocycles. The van der Waals surface area contributed by atoms with Crippen molar-refractivity contribution >= 4 is 11.6 Å². The Labute approximate surface area is 171 Å². The molecule has 0 saturated carbocycles. The molecule has 158 valence electrons. The molecule has 1 saturated heterocycles. The number of aromatic nitrogens is 2. The van der Waals surface area contributed by atoms with E-state index in [1.807, 2.05) is 11.1 Å². The number of aliphatic hydroxyl groups excluding tert-OH is 1. The molecule has 4 rings (SSSR count). The third kappa shape index (κ3) is 4.03. The summed E-state index contributed by atoms with van der Waals surface area (Å²) < 4.78 is 41.4. The molecule has 3 heterocycles. The topological polar surface area (TPSA) is 61.1 Å². The van der Waals surface area contributed by atoms with E-state index >= 15 is 0 Å². The van der Waals surface area contributed by atoms with Gasteiger partial charge in [-0.3, -0.25) is 9.69 Å². The minimum atomic E-state index is -4.52. The third-order valence-corrected chi connectivity index (χ3v) is 5.37. The van der Waals surface area contributed by atoms with Crippen molar-refractivity contribution in [2.45, 2.75) is 12.3 Å². The number of fused-ring (bicyclic) bond motifs is 1. The molecular formula is C21H21F3N4O2. The van der Waals surface area contributed by atoms with Crippen molar-refractivity contribution in [1.29, 1.82) is 0 Å². The van der Waals surface area contributed by atoms with Crippen molar-refractivity contribution in [2.75, 3.05) is 32.7 Å². The zero-order valence-corrected chi connectivity index (χ0v) is 16.1. The first-order chi connectivity index (χ1) is 14.3. The summed E-state index contributed by atoms with van der Waals surface area (Å²) in [6.45, 7) is 1.86. The summed E-state index contributed by atoms with van der Waals surface area (Å²) in [6, 6.07) is 8.59. The molecule has 9 heteroatoms. The number of hydrogen-bond donors (Lipinski definition) is 1. The monoisotopic (exact) mass is 418 g/mol. The minimum Gasteiger partial charge on any atom is -0.387 e. The van der Waals surface area contributed by atoms with Gasteiger partial charge in [-0.1, -0.05) is 18.2 Å². The molecule has 0 aliphatic carbocycles. The lowest BCUT2D eigenvalue weighted by Gasteiger charge is -2.36. The molecule has 1 aliphatic rings. The standard InChI is InChI=1S/C21H21F3N4O2/c22-21(23,24)17-6-2-1-4-15(17)18(29)14-26-10-12-28(13-11-26)20(30)16-5-3-8-27-9-7-25-19(16)27/h1-9,18,29H,10-14H2. The molecule has 0 radical (unpaired) electrons. The van der Waals surface area contributed by atoms with Crippen LogP contribution in [0.3, 0.4) is 0 Å². The van der Waals surface area contributed by atoms with E-state index in [0.29, 0.717) is 37.4 Å². The molecule has 0 spiro atoms. The number of rotatable bonds is 4. The first kappa shape index (κ1) is 20.4. The highest BCUT2D eigenvalue weighted by Crippen LogP contribution is 2.34. The van der Waals surface area contributed by atoms with Crippen LogP contribution in [0.5, 0.6) is 0 Å². The molecule has 2 aromatic heterocycles. The maximum Gasteiger partial charge on any atom is 0.416 e. The first-order valence-corrected chi connectivity index (χ1v) is 9.62. The van der Waals surface area contributed by atoms with Crippen LogP contribution in [0, 0.1) is 0 Å². The second-order valence-electron chi connectivity index (χ2n) is 7.27. The van der Waals surface area contributed by atoms with E-state index in [0.717, 1.165) is 6.07 Å². The van der Waals surface area contributed by atoms with Gasteiger partial charge in [-0.2, -0.15) is 13.2 Å². The Bertz CT molecular complexity index is 1040. The third-order valence-electron chi connectivity index (χ3n) is 5.37. The van der Waals surface area contributed by atoms with Crippen LogP contribution in [0.2, 0.25) is 0 Å². The van der Waals surface area contributed by atoms with Gasteiger partial charge in [0.05, 0.1) is 17.2 Å². The molecule has 0 bridgehead atoms. The average Bonchev–Trinajstić information content (AvgIpc) is 3.22. The molecule has 6 nitrogen and oxygen atoms in total. The van der Waals surface area contributed by atoms with E-state index in [2.05, 4.69) is 4.98 Å². The number of pyridine rings is 1. The van der Waals surface area contributed by atoms with E-state index < -0.39 is 17.8 Å². The van der Waals surface area contributed by atoms with Crippen LogP contribution in [0.25, 0.3) is 5.65 Å². The van der Waals surface area contributed by atoms with Crippen molar-refractivity contribution < 1.29 is 23.1 Å². The summed E-state index contributed by atoms with van der Waals surface area (Å²) in [7, 11) is 0. The van der Waals surface area contributed by atoms with Crippen molar-refractivity contribution in [1.82, 2.24) is 19.2 Å². The van der Waals surface area contributed by atoms with Gasteiger partial charge in [0, 0.05) is 51.3 Å². The number of carbonyl (C=O) groups is 1. The van der Waals surface area contributed by atoms with Crippen molar-refractivity contribution in [3.8, 4) is 0 Å². The summed E-state index contributed by atoms with van der Waals surface area (Å²) in [6.07, 6.45) is -0.564. The summed E-state index contributed by atoms with van der Waals surface area (Å²) in [5.74, 6) is -0.130. The maximum absolute atomic E-state index is 13.2. The number of aliphatic hydroxyl groups is 1. The Morgan fingerprint density at radius 3 is 2.53 bits per heavy atom. The molecular weight excluding hydrogens is 397 g/mol. The number of nitrogens with zero attached hydrogens (tertiary/aromatic N) is 4. The lowest BCUT2D eigenvalue weighted by Crippen LogP contribution is -2.49. The van der Waals surface area contributed by atoms with Gasteiger partial charge < -0.3 is 14.4 Å². The van der Waals surface area contributed by atoms with Gasteiger partial charge in [0.1, 0.15) is 5.65 Å². The molecule has 1 unspecified atom stereocenters. The average molecular weight is 418 g/mol. The fraction of sp³-hybridized carbons (Fsp3) is 0.333. The largest absolute Gasteiger partial charge is 0.416 e. The van der Waals surface area contributed by atoms with Crippen LogP contribution in [-0.4, -0.2) is 62.9 Å². The number of carbonyl (C=O) groups excluding carboxylic acids is 1. The Morgan fingerprint density at radius 1 is 1.07 bits per heavy atom. The second-order valence-corrected chi connectivity index (χ2v) is 7.27. The van der Waals surface area contributed by atoms with E-state index in [-0.39, 0.29) is 18.0 Å². The molecule has 1 aromatic carbocycles. The van der Waals surface area contributed by atoms with Crippen LogP contribution in [0.15, 0.2) is 55.0 Å². The zero-order valence-electron chi connectivity index (χ0n) is 16.1. The van der Waals surface area contributed by atoms with Crippen molar-refractivity contribution in [2.24, 2.45) is 0 Å². The Morgan fingerprint density at radius 2 is 1.80 bits per heavy atom. The predicted molar refractivity (Wildman–Crippen MR) is 104 cm³/mol. The molecule has 1 atom stereocenters. The molecule has 3 aromatic rings. The predicted octanol–water partition coefficient (Wildman–Crippen LogP) is 2.84. The number of imidazole rings is 1. The summed E-state index contributed by atoms with van der Waals surface area (Å²) in [5, 5.41) is 10.4.